The van der Waals surface area contributed by atoms with E-state index in [-0.39, 0.29) is 11.4 Å². The van der Waals surface area contributed by atoms with Gasteiger partial charge in [-0.3, -0.25) is 0 Å². The van der Waals surface area contributed by atoms with Crippen molar-refractivity contribution in [3.05, 3.63) is 18.2 Å². The Bertz CT molecular complexity index is 579. The third kappa shape index (κ3) is 4.86. The van der Waals surface area contributed by atoms with E-state index in [1.165, 1.54) is 26.4 Å². The fourth-order valence-corrected chi connectivity index (χ4v) is 3.86. The molecule has 0 saturated carbocycles. The second-order valence-electron chi connectivity index (χ2n) is 6.02. The number of methoxy groups -OCH3 is 2. The maximum absolute atomic E-state index is 12.6. The van der Waals surface area contributed by atoms with Crippen LogP contribution in [0.15, 0.2) is 23.1 Å². The molecule has 1 aromatic carbocycles. The van der Waals surface area contributed by atoms with E-state index in [0.29, 0.717) is 23.8 Å². The molecule has 0 spiro atoms. The van der Waals surface area contributed by atoms with E-state index in [1.807, 2.05) is 20.8 Å². The number of nitrogens with one attached hydrogen (secondary N) is 1. The summed E-state index contributed by atoms with van der Waals surface area (Å²) < 4.78 is 38.2. The zero-order valence-electron chi connectivity index (χ0n) is 13.8. The molecule has 0 aliphatic heterocycles. The molecule has 0 amide bonds. The number of rotatable bonds is 8. The fourth-order valence-electron chi connectivity index (χ4n) is 2.39. The summed E-state index contributed by atoms with van der Waals surface area (Å²) in [6, 6.07) is 4.53. The van der Waals surface area contributed by atoms with Crippen molar-refractivity contribution in [3.8, 4) is 11.5 Å². The minimum atomic E-state index is -3.73. The first-order chi connectivity index (χ1) is 10.2. The Labute approximate surface area is 133 Å². The Kier molecular flexibility index (Phi) is 6.22. The maximum atomic E-state index is 12.6. The molecule has 6 nitrogen and oxygen atoms in total. The van der Waals surface area contributed by atoms with Gasteiger partial charge < -0.3 is 15.2 Å². The summed E-state index contributed by atoms with van der Waals surface area (Å²) >= 11 is 0. The first-order valence-electron chi connectivity index (χ1n) is 7.13. The molecule has 22 heavy (non-hydrogen) atoms. The molecule has 126 valence electrons. The van der Waals surface area contributed by atoms with Crippen LogP contribution in [0.2, 0.25) is 0 Å². The zero-order valence-corrected chi connectivity index (χ0v) is 14.7. The third-order valence-corrected chi connectivity index (χ3v) is 4.94. The van der Waals surface area contributed by atoms with E-state index in [2.05, 4.69) is 4.72 Å². The molecular formula is C15H26N2O4S. The van der Waals surface area contributed by atoms with Gasteiger partial charge in [-0.2, -0.15) is 0 Å². The molecular weight excluding hydrogens is 304 g/mol. The Morgan fingerprint density at radius 2 is 1.68 bits per heavy atom. The van der Waals surface area contributed by atoms with Gasteiger partial charge in [0, 0.05) is 30.3 Å². The van der Waals surface area contributed by atoms with Crippen LogP contribution in [0.1, 0.15) is 27.2 Å². The molecule has 0 bridgehead atoms. The Morgan fingerprint density at radius 3 is 2.05 bits per heavy atom. The molecule has 0 aliphatic rings. The van der Waals surface area contributed by atoms with Crippen LogP contribution in [0.4, 0.5) is 0 Å². The summed E-state index contributed by atoms with van der Waals surface area (Å²) in [6.45, 7) is 6.07. The van der Waals surface area contributed by atoms with Crippen LogP contribution in [0.25, 0.3) is 0 Å². The second-order valence-corrected chi connectivity index (χ2v) is 7.70. The summed E-state index contributed by atoms with van der Waals surface area (Å²) in [5, 5.41) is 0. The van der Waals surface area contributed by atoms with Gasteiger partial charge in [-0.1, -0.05) is 13.8 Å². The molecule has 1 unspecified atom stereocenters. The average molecular weight is 330 g/mol. The van der Waals surface area contributed by atoms with Crippen LogP contribution in [0.3, 0.4) is 0 Å². The van der Waals surface area contributed by atoms with Crippen LogP contribution in [0, 0.1) is 5.92 Å². The van der Waals surface area contributed by atoms with Crippen molar-refractivity contribution < 1.29 is 17.9 Å². The topological polar surface area (TPSA) is 90.6 Å². The second kappa shape index (κ2) is 7.30. The van der Waals surface area contributed by atoms with Crippen molar-refractivity contribution >= 4 is 10.0 Å². The van der Waals surface area contributed by atoms with Crippen molar-refractivity contribution in [3.63, 3.8) is 0 Å². The van der Waals surface area contributed by atoms with Crippen molar-refractivity contribution in [2.75, 3.05) is 20.8 Å². The lowest BCUT2D eigenvalue weighted by atomic mass is 9.92. The largest absolute Gasteiger partial charge is 0.497 e. The molecule has 1 aromatic rings. The molecule has 7 heteroatoms. The predicted octanol–water partition coefficient (Wildman–Crippen LogP) is 1.75. The monoisotopic (exact) mass is 330 g/mol. The molecule has 0 saturated heterocycles. The van der Waals surface area contributed by atoms with E-state index in [0.717, 1.165) is 0 Å². The Hall–Kier alpha value is -1.31. The highest BCUT2D eigenvalue weighted by atomic mass is 32.2. The van der Waals surface area contributed by atoms with Crippen molar-refractivity contribution in [2.45, 2.75) is 37.6 Å². The van der Waals surface area contributed by atoms with E-state index in [4.69, 9.17) is 15.2 Å². The molecule has 0 heterocycles. The van der Waals surface area contributed by atoms with E-state index < -0.39 is 15.6 Å². The third-order valence-electron chi connectivity index (χ3n) is 3.33. The molecule has 1 atom stereocenters. The van der Waals surface area contributed by atoms with Gasteiger partial charge >= 0.3 is 0 Å². The van der Waals surface area contributed by atoms with E-state index >= 15 is 0 Å². The molecule has 0 fully saturated rings. The lowest BCUT2D eigenvalue weighted by molar-refractivity contribution is 0.344. The molecule has 3 N–H and O–H groups in total. The van der Waals surface area contributed by atoms with Gasteiger partial charge in [0.05, 0.1) is 19.1 Å². The number of benzene rings is 1. The quantitative estimate of drug-likeness (QED) is 0.758. The Balaban J connectivity index is 3.18. The highest BCUT2D eigenvalue weighted by Gasteiger charge is 2.30. The highest BCUT2D eigenvalue weighted by molar-refractivity contribution is 7.89. The first-order valence-corrected chi connectivity index (χ1v) is 8.61. The predicted molar refractivity (Wildman–Crippen MR) is 86.8 cm³/mol. The number of ether oxygens (including phenoxy) is 2. The lowest BCUT2D eigenvalue weighted by Gasteiger charge is -2.30. The van der Waals surface area contributed by atoms with Crippen molar-refractivity contribution in [1.82, 2.24) is 4.72 Å². The Morgan fingerprint density at radius 1 is 1.18 bits per heavy atom. The lowest BCUT2D eigenvalue weighted by Crippen LogP contribution is -2.51. The summed E-state index contributed by atoms with van der Waals surface area (Å²) in [7, 11) is -0.784. The van der Waals surface area contributed by atoms with Crippen LogP contribution >= 0.6 is 0 Å². The van der Waals surface area contributed by atoms with Crippen LogP contribution in [0.5, 0.6) is 11.5 Å². The first kappa shape index (κ1) is 18.7. The number of nitrogens with two attached hydrogens (primary N) is 1. The zero-order chi connectivity index (χ0) is 17.0. The SMILES string of the molecule is COc1cc(OC)cc(S(=O)(=O)NC(C)(CN)CC(C)C)c1. The highest BCUT2D eigenvalue weighted by Crippen LogP contribution is 2.27. The molecule has 0 radical (unpaired) electrons. The molecule has 0 aromatic heterocycles. The summed E-state index contributed by atoms with van der Waals surface area (Å²) in [4.78, 5) is 0.0899. The molecule has 1 rings (SSSR count). The summed E-state index contributed by atoms with van der Waals surface area (Å²) in [5.74, 6) is 1.15. The molecule has 0 aliphatic carbocycles. The number of hydrogen-bond acceptors (Lipinski definition) is 5. The van der Waals surface area contributed by atoms with Crippen molar-refractivity contribution in [1.29, 1.82) is 0 Å². The van der Waals surface area contributed by atoms with Crippen LogP contribution < -0.4 is 19.9 Å². The number of sulfonamides is 1. The summed E-state index contributed by atoms with van der Waals surface area (Å²) in [5.41, 5.74) is 5.07. The normalized spacial score (nSPS) is 14.7. The van der Waals surface area contributed by atoms with Crippen molar-refractivity contribution in [2.24, 2.45) is 11.7 Å². The van der Waals surface area contributed by atoms with E-state index in [9.17, 15) is 8.42 Å². The smallest absolute Gasteiger partial charge is 0.241 e. The van der Waals surface area contributed by atoms with Gasteiger partial charge in [-0.05, 0) is 19.3 Å². The minimum Gasteiger partial charge on any atom is -0.497 e. The average Bonchev–Trinajstić information content (AvgIpc) is 2.45. The minimum absolute atomic E-state index is 0.0899. The van der Waals surface area contributed by atoms with Gasteiger partial charge in [0.15, 0.2) is 0 Å². The number of hydrogen-bond donors (Lipinski definition) is 2. The van der Waals surface area contributed by atoms with Crippen LogP contribution in [-0.4, -0.2) is 34.7 Å². The van der Waals surface area contributed by atoms with Gasteiger partial charge in [0.1, 0.15) is 11.5 Å². The van der Waals surface area contributed by atoms with Gasteiger partial charge in [-0.15, -0.1) is 0 Å². The van der Waals surface area contributed by atoms with Gasteiger partial charge in [0.25, 0.3) is 0 Å². The fraction of sp³-hybridized carbons (Fsp3) is 0.600. The van der Waals surface area contributed by atoms with E-state index in [1.54, 1.807) is 6.07 Å². The summed E-state index contributed by atoms with van der Waals surface area (Å²) in [6.07, 6.45) is 0.643. The standard InChI is InChI=1S/C15H26N2O4S/c1-11(2)9-15(3,10-16)17-22(18,19)14-7-12(20-4)6-13(8-14)21-5/h6-8,11,17H,9-10,16H2,1-5H3. The maximum Gasteiger partial charge on any atom is 0.241 e. The van der Waals surface area contributed by atoms with Gasteiger partial charge in [0.2, 0.25) is 10.0 Å². The van der Waals surface area contributed by atoms with Gasteiger partial charge in [-0.25, -0.2) is 13.1 Å². The van der Waals surface area contributed by atoms with Crippen LogP contribution in [-0.2, 0) is 10.0 Å².